The monoisotopic (exact) mass is 284 g/mol. The molecule has 0 bridgehead atoms. The molecule has 2 aromatic rings. The average Bonchev–Trinajstić information content (AvgIpc) is 2.53. The highest BCUT2D eigenvalue weighted by molar-refractivity contribution is 5.36. The lowest BCUT2D eigenvalue weighted by Crippen LogP contribution is -2.32. The van der Waals surface area contributed by atoms with E-state index >= 15 is 0 Å². The first kappa shape index (κ1) is 15.5. The number of nitrogens with two attached hydrogens (primary N) is 1. The van der Waals surface area contributed by atoms with Gasteiger partial charge in [0.15, 0.2) is 6.10 Å². The largest absolute Gasteiger partial charge is 0.482 e. The summed E-state index contributed by atoms with van der Waals surface area (Å²) in [4.78, 5) is 4.41. The maximum atomic E-state index is 6.26. The molecule has 2 N–H and O–H groups in total. The zero-order chi connectivity index (χ0) is 15.2. The molecular formula is C18H24N2O. The lowest BCUT2D eigenvalue weighted by molar-refractivity contribution is 0.164. The maximum Gasteiger partial charge on any atom is 0.155 e. The van der Waals surface area contributed by atoms with E-state index in [0.717, 1.165) is 17.9 Å². The van der Waals surface area contributed by atoms with Crippen LogP contribution in [0.2, 0.25) is 0 Å². The van der Waals surface area contributed by atoms with Crippen LogP contribution in [0.25, 0.3) is 0 Å². The van der Waals surface area contributed by atoms with E-state index in [1.54, 1.807) is 6.20 Å². The van der Waals surface area contributed by atoms with Crippen LogP contribution in [0.5, 0.6) is 5.75 Å². The van der Waals surface area contributed by atoms with E-state index in [9.17, 15) is 0 Å². The maximum absolute atomic E-state index is 6.26. The van der Waals surface area contributed by atoms with E-state index in [1.807, 2.05) is 36.4 Å². The highest BCUT2D eigenvalue weighted by Gasteiger charge is 2.23. The molecule has 21 heavy (non-hydrogen) atoms. The molecule has 1 aromatic carbocycles. The third kappa shape index (κ3) is 3.82. The van der Waals surface area contributed by atoms with Gasteiger partial charge in [-0.1, -0.05) is 45.0 Å². The van der Waals surface area contributed by atoms with E-state index in [-0.39, 0.29) is 12.1 Å². The number of aromatic nitrogens is 1. The molecule has 2 unspecified atom stereocenters. The molecule has 1 aromatic heterocycles. The van der Waals surface area contributed by atoms with Crippen LogP contribution < -0.4 is 10.5 Å². The van der Waals surface area contributed by atoms with E-state index in [4.69, 9.17) is 10.5 Å². The van der Waals surface area contributed by atoms with Crippen LogP contribution in [0, 0.1) is 0 Å². The van der Waals surface area contributed by atoms with Gasteiger partial charge in [-0.2, -0.15) is 0 Å². The van der Waals surface area contributed by atoms with Crippen molar-refractivity contribution in [3.05, 3.63) is 59.9 Å². The molecule has 3 heteroatoms. The van der Waals surface area contributed by atoms with Gasteiger partial charge in [0.2, 0.25) is 0 Å². The van der Waals surface area contributed by atoms with Gasteiger partial charge in [-0.25, -0.2) is 0 Å². The fourth-order valence-electron chi connectivity index (χ4n) is 2.33. The van der Waals surface area contributed by atoms with Crippen molar-refractivity contribution in [1.29, 1.82) is 0 Å². The van der Waals surface area contributed by atoms with Gasteiger partial charge >= 0.3 is 0 Å². The Bertz CT molecular complexity index is 554. The number of ether oxygens (including phenoxy) is 1. The van der Waals surface area contributed by atoms with Gasteiger partial charge in [-0.15, -0.1) is 0 Å². The summed E-state index contributed by atoms with van der Waals surface area (Å²) in [7, 11) is 0. The van der Waals surface area contributed by atoms with E-state index in [0.29, 0.717) is 5.92 Å². The SMILES string of the molecule is CCC(N)C(Oc1ccccc1C(C)C)c1ccccn1. The van der Waals surface area contributed by atoms with Crippen molar-refractivity contribution in [2.75, 3.05) is 0 Å². The van der Waals surface area contributed by atoms with Gasteiger partial charge in [-0.3, -0.25) is 4.98 Å². The molecule has 0 aliphatic rings. The summed E-state index contributed by atoms with van der Waals surface area (Å²) < 4.78 is 6.26. The first-order valence-electron chi connectivity index (χ1n) is 7.55. The molecule has 0 aliphatic heterocycles. The summed E-state index contributed by atoms with van der Waals surface area (Å²) in [5.74, 6) is 1.30. The van der Waals surface area contributed by atoms with Crippen LogP contribution in [0.1, 0.15) is 50.5 Å². The number of rotatable bonds is 6. The molecule has 0 amide bonds. The van der Waals surface area contributed by atoms with Gasteiger partial charge in [-0.05, 0) is 36.1 Å². The normalized spacial score (nSPS) is 14.0. The summed E-state index contributed by atoms with van der Waals surface area (Å²) in [5.41, 5.74) is 8.33. The van der Waals surface area contributed by atoms with E-state index < -0.39 is 0 Å². The standard InChI is InChI=1S/C18H24N2O/c1-4-15(19)18(16-10-7-8-12-20-16)21-17-11-6-5-9-14(17)13(2)3/h5-13,15,18H,4,19H2,1-3H3. The molecule has 0 saturated heterocycles. The molecule has 0 radical (unpaired) electrons. The molecular weight excluding hydrogens is 260 g/mol. The Kier molecular flexibility index (Phi) is 5.34. The molecule has 2 atom stereocenters. The van der Waals surface area contributed by atoms with Gasteiger partial charge in [0.1, 0.15) is 5.75 Å². The number of nitrogens with zero attached hydrogens (tertiary/aromatic N) is 1. The molecule has 1 heterocycles. The fraction of sp³-hybridized carbons (Fsp3) is 0.389. The highest BCUT2D eigenvalue weighted by atomic mass is 16.5. The van der Waals surface area contributed by atoms with Gasteiger partial charge in [0, 0.05) is 12.2 Å². The highest BCUT2D eigenvalue weighted by Crippen LogP contribution is 2.31. The third-order valence-corrected chi connectivity index (χ3v) is 3.63. The van der Waals surface area contributed by atoms with Crippen molar-refractivity contribution >= 4 is 0 Å². The van der Waals surface area contributed by atoms with E-state index in [1.165, 1.54) is 5.56 Å². The predicted molar refractivity (Wildman–Crippen MR) is 86.4 cm³/mol. The molecule has 0 fully saturated rings. The van der Waals surface area contributed by atoms with Crippen LogP contribution >= 0.6 is 0 Å². The zero-order valence-electron chi connectivity index (χ0n) is 13.0. The van der Waals surface area contributed by atoms with Crippen LogP contribution in [0.3, 0.4) is 0 Å². The third-order valence-electron chi connectivity index (χ3n) is 3.63. The molecule has 0 saturated carbocycles. The van der Waals surface area contributed by atoms with Crippen LogP contribution in [0.4, 0.5) is 0 Å². The number of pyridine rings is 1. The molecule has 0 aliphatic carbocycles. The Morgan fingerprint density at radius 3 is 2.43 bits per heavy atom. The van der Waals surface area contributed by atoms with Crippen molar-refractivity contribution in [2.45, 2.75) is 45.3 Å². The van der Waals surface area contributed by atoms with Gasteiger partial charge in [0.05, 0.1) is 5.69 Å². The first-order valence-corrected chi connectivity index (χ1v) is 7.55. The second-order valence-electron chi connectivity index (χ2n) is 5.56. The Balaban J connectivity index is 2.32. The minimum absolute atomic E-state index is 0.0832. The average molecular weight is 284 g/mol. The number of benzene rings is 1. The van der Waals surface area contributed by atoms with Crippen molar-refractivity contribution < 1.29 is 4.74 Å². The Morgan fingerprint density at radius 1 is 1.10 bits per heavy atom. The summed E-state index contributed by atoms with van der Waals surface area (Å²) in [5, 5.41) is 0. The topological polar surface area (TPSA) is 48.1 Å². The molecule has 2 rings (SSSR count). The lowest BCUT2D eigenvalue weighted by Gasteiger charge is -2.25. The van der Waals surface area contributed by atoms with Crippen molar-refractivity contribution in [3.63, 3.8) is 0 Å². The Labute approximate surface area is 127 Å². The van der Waals surface area contributed by atoms with Crippen molar-refractivity contribution in [1.82, 2.24) is 4.98 Å². The second kappa shape index (κ2) is 7.23. The summed E-state index contributed by atoms with van der Waals surface area (Å²) in [6.07, 6.45) is 2.39. The number of hydrogen-bond acceptors (Lipinski definition) is 3. The predicted octanol–water partition coefficient (Wildman–Crippen LogP) is 4.06. The van der Waals surface area contributed by atoms with Gasteiger partial charge < -0.3 is 10.5 Å². The molecule has 112 valence electrons. The van der Waals surface area contributed by atoms with Crippen LogP contribution in [-0.4, -0.2) is 11.0 Å². The van der Waals surface area contributed by atoms with Crippen molar-refractivity contribution in [3.8, 4) is 5.75 Å². The zero-order valence-corrected chi connectivity index (χ0v) is 13.0. The molecule has 3 nitrogen and oxygen atoms in total. The first-order chi connectivity index (χ1) is 10.1. The number of hydrogen-bond donors (Lipinski definition) is 1. The van der Waals surface area contributed by atoms with Crippen molar-refractivity contribution in [2.24, 2.45) is 5.73 Å². The lowest BCUT2D eigenvalue weighted by atomic mass is 10.0. The summed E-state index contributed by atoms with van der Waals surface area (Å²) >= 11 is 0. The quantitative estimate of drug-likeness (QED) is 0.870. The minimum atomic E-state index is -0.226. The Hall–Kier alpha value is -1.87. The summed E-state index contributed by atoms with van der Waals surface area (Å²) in [6.45, 7) is 6.40. The number of para-hydroxylation sites is 1. The van der Waals surface area contributed by atoms with Gasteiger partial charge in [0.25, 0.3) is 0 Å². The fourth-order valence-corrected chi connectivity index (χ4v) is 2.33. The minimum Gasteiger partial charge on any atom is -0.482 e. The Morgan fingerprint density at radius 2 is 1.81 bits per heavy atom. The summed E-state index contributed by atoms with van der Waals surface area (Å²) in [6, 6.07) is 13.9. The van der Waals surface area contributed by atoms with Crippen LogP contribution in [0.15, 0.2) is 48.7 Å². The molecule has 0 spiro atoms. The second-order valence-corrected chi connectivity index (χ2v) is 5.56. The smallest absolute Gasteiger partial charge is 0.155 e. The van der Waals surface area contributed by atoms with Crippen LogP contribution in [-0.2, 0) is 0 Å². The van der Waals surface area contributed by atoms with E-state index in [2.05, 4.69) is 31.8 Å².